The molecule has 1 saturated carbocycles. The van der Waals surface area contributed by atoms with E-state index in [4.69, 9.17) is 14.2 Å². The third-order valence-electron chi connectivity index (χ3n) is 8.24. The summed E-state index contributed by atoms with van der Waals surface area (Å²) in [7, 11) is -2.48. The summed E-state index contributed by atoms with van der Waals surface area (Å²) in [6, 6.07) is 23.5. The monoisotopic (exact) mass is 651 g/mol. The maximum atomic E-state index is 13.7. The molecule has 46 heavy (non-hydrogen) atoms. The van der Waals surface area contributed by atoms with Gasteiger partial charge in [-0.05, 0) is 54.3 Å². The summed E-state index contributed by atoms with van der Waals surface area (Å²) in [6.07, 6.45) is -2.38. The van der Waals surface area contributed by atoms with Crippen molar-refractivity contribution in [1.82, 2.24) is 9.62 Å². The van der Waals surface area contributed by atoms with Gasteiger partial charge in [0, 0.05) is 31.6 Å². The van der Waals surface area contributed by atoms with E-state index in [9.17, 15) is 23.1 Å². The number of nitrogens with zero attached hydrogens (tertiary/aromatic N) is 2. The summed E-state index contributed by atoms with van der Waals surface area (Å²) in [6.45, 7) is 3.70. The minimum atomic E-state index is -3.98. The molecule has 11 nitrogen and oxygen atoms in total. The number of methoxy groups -OCH3 is 1. The number of sulfonamides is 1. The number of alkyl carbamates (subject to hydrolysis) is 1. The van der Waals surface area contributed by atoms with Gasteiger partial charge in [0.05, 0.1) is 30.2 Å². The lowest BCUT2D eigenvalue weighted by Gasteiger charge is -2.31. The average Bonchev–Trinajstić information content (AvgIpc) is 3.56. The highest BCUT2D eigenvalue weighted by atomic mass is 32.2. The molecule has 1 aliphatic carbocycles. The van der Waals surface area contributed by atoms with E-state index in [1.165, 1.54) is 23.5 Å². The molecule has 0 radical (unpaired) electrons. The molecule has 1 aliphatic heterocycles. The van der Waals surface area contributed by atoms with Crippen molar-refractivity contribution in [2.24, 2.45) is 5.92 Å². The molecule has 1 heterocycles. The fraction of sp³-hybridized carbons (Fsp3) is 0.412. The standard InChI is InChI=1S/C34H41N3O8S/c1-23(2)21-36(46(41,42)28-16-14-26(43-3)15-17-28)22-31(38)29(18-24-10-6-4-7-11-24)35-33(39)44-27-19-30-32(20-27)45-34(40)37(30)25-12-8-5-9-13-25/h4-17,23,27,29-32,38H,18-22H2,1-3H3,(H,35,39)/t27-,29+,30+,31-,32-/m1/s1. The van der Waals surface area contributed by atoms with Gasteiger partial charge in [-0.2, -0.15) is 4.31 Å². The number of ether oxygens (including phenoxy) is 3. The average molecular weight is 652 g/mol. The van der Waals surface area contributed by atoms with Crippen molar-refractivity contribution in [3.05, 3.63) is 90.5 Å². The third kappa shape index (κ3) is 7.80. The van der Waals surface area contributed by atoms with Gasteiger partial charge in [0.25, 0.3) is 0 Å². The van der Waals surface area contributed by atoms with E-state index in [0.717, 1.165) is 5.56 Å². The van der Waals surface area contributed by atoms with Crippen molar-refractivity contribution in [1.29, 1.82) is 0 Å². The molecule has 5 rings (SSSR count). The number of fused-ring (bicyclic) bond motifs is 1. The number of carbonyl (C=O) groups is 2. The van der Waals surface area contributed by atoms with Gasteiger partial charge in [0.2, 0.25) is 10.0 Å². The first-order chi connectivity index (χ1) is 22.0. The van der Waals surface area contributed by atoms with Gasteiger partial charge >= 0.3 is 12.2 Å². The second-order valence-corrected chi connectivity index (χ2v) is 14.0. The van der Waals surface area contributed by atoms with Crippen LogP contribution in [0.25, 0.3) is 0 Å². The fourth-order valence-electron chi connectivity index (χ4n) is 6.03. The zero-order valence-electron chi connectivity index (χ0n) is 26.2. The Morgan fingerprint density at radius 2 is 1.65 bits per heavy atom. The largest absolute Gasteiger partial charge is 0.497 e. The highest BCUT2D eigenvalue weighted by Crippen LogP contribution is 2.38. The normalized spacial score (nSPS) is 20.7. The summed E-state index contributed by atoms with van der Waals surface area (Å²) in [5.74, 6) is 0.494. The van der Waals surface area contributed by atoms with Gasteiger partial charge in [-0.15, -0.1) is 0 Å². The fourth-order valence-corrected chi connectivity index (χ4v) is 7.66. The smallest absolute Gasteiger partial charge is 0.415 e. The summed E-state index contributed by atoms with van der Waals surface area (Å²) >= 11 is 0. The van der Waals surface area contributed by atoms with Crippen LogP contribution in [0.1, 0.15) is 32.3 Å². The van der Waals surface area contributed by atoms with Crippen LogP contribution < -0.4 is 15.0 Å². The van der Waals surface area contributed by atoms with Crippen LogP contribution in [0.2, 0.25) is 0 Å². The van der Waals surface area contributed by atoms with E-state index in [1.54, 1.807) is 17.0 Å². The lowest BCUT2D eigenvalue weighted by molar-refractivity contribution is 0.0650. The van der Waals surface area contributed by atoms with Gasteiger partial charge in [-0.3, -0.25) is 4.90 Å². The highest BCUT2D eigenvalue weighted by molar-refractivity contribution is 7.89. The number of hydrogen-bond donors (Lipinski definition) is 2. The van der Waals surface area contributed by atoms with Crippen LogP contribution in [0.4, 0.5) is 15.3 Å². The first-order valence-electron chi connectivity index (χ1n) is 15.4. The van der Waals surface area contributed by atoms with Crippen molar-refractivity contribution in [3.63, 3.8) is 0 Å². The van der Waals surface area contributed by atoms with Gasteiger partial charge in [0.1, 0.15) is 18.0 Å². The Morgan fingerprint density at radius 1 is 1.00 bits per heavy atom. The Labute approximate surface area is 270 Å². The number of nitrogens with one attached hydrogen (secondary N) is 1. The van der Waals surface area contributed by atoms with Crippen LogP contribution in [0, 0.1) is 5.92 Å². The number of carbonyl (C=O) groups excluding carboxylic acids is 2. The number of amides is 2. The summed E-state index contributed by atoms with van der Waals surface area (Å²) in [4.78, 5) is 27.5. The predicted molar refractivity (Wildman–Crippen MR) is 172 cm³/mol. The summed E-state index contributed by atoms with van der Waals surface area (Å²) in [5.41, 5.74) is 1.56. The minimum absolute atomic E-state index is 0.0305. The SMILES string of the molecule is COc1ccc(S(=O)(=O)N(CC(C)C)C[C@@H](O)[C@H](Cc2ccccc2)NC(=O)O[C@H]2C[C@H]3OC(=O)N(c4ccccc4)[C@H]3C2)cc1. The number of benzene rings is 3. The van der Waals surface area contributed by atoms with E-state index < -0.39 is 46.6 Å². The number of anilines is 1. The quantitative estimate of drug-likeness (QED) is 0.274. The molecule has 3 aromatic rings. The van der Waals surface area contributed by atoms with Gasteiger partial charge in [-0.25, -0.2) is 18.0 Å². The van der Waals surface area contributed by atoms with E-state index in [2.05, 4.69) is 5.32 Å². The Morgan fingerprint density at radius 3 is 2.28 bits per heavy atom. The lowest BCUT2D eigenvalue weighted by Crippen LogP contribution is -2.51. The second-order valence-electron chi connectivity index (χ2n) is 12.1. The molecule has 5 atom stereocenters. The molecule has 0 aromatic heterocycles. The molecular weight excluding hydrogens is 610 g/mol. The first-order valence-corrected chi connectivity index (χ1v) is 16.9. The molecule has 0 spiro atoms. The molecule has 246 valence electrons. The molecule has 1 saturated heterocycles. The van der Waals surface area contributed by atoms with Crippen LogP contribution in [-0.4, -0.2) is 80.6 Å². The highest BCUT2D eigenvalue weighted by Gasteiger charge is 2.50. The number of aliphatic hydroxyl groups is 1. The maximum Gasteiger partial charge on any atom is 0.415 e. The molecule has 3 aromatic carbocycles. The van der Waals surface area contributed by atoms with E-state index in [1.807, 2.05) is 74.5 Å². The molecular formula is C34H41N3O8S. The molecule has 2 N–H and O–H groups in total. The molecule has 0 bridgehead atoms. The Balaban J connectivity index is 1.29. The maximum absolute atomic E-state index is 13.7. The second kappa shape index (κ2) is 14.5. The van der Waals surface area contributed by atoms with Crippen molar-refractivity contribution in [2.45, 2.75) is 68.4 Å². The third-order valence-corrected chi connectivity index (χ3v) is 10.1. The van der Waals surface area contributed by atoms with Crippen LogP contribution >= 0.6 is 0 Å². The van der Waals surface area contributed by atoms with E-state index in [-0.39, 0.29) is 36.4 Å². The van der Waals surface area contributed by atoms with Gasteiger partial charge < -0.3 is 24.6 Å². The first kappa shape index (κ1) is 33.2. The Kier molecular flexibility index (Phi) is 10.5. The Hall–Kier alpha value is -4.13. The lowest BCUT2D eigenvalue weighted by atomic mass is 10.0. The van der Waals surface area contributed by atoms with Crippen molar-refractivity contribution >= 4 is 27.9 Å². The van der Waals surface area contributed by atoms with Crippen LogP contribution in [0.3, 0.4) is 0 Å². The summed E-state index contributed by atoms with van der Waals surface area (Å²) in [5, 5.41) is 14.3. The van der Waals surface area contributed by atoms with E-state index >= 15 is 0 Å². The molecule has 2 aliphatic rings. The minimum Gasteiger partial charge on any atom is -0.497 e. The predicted octanol–water partition coefficient (Wildman–Crippen LogP) is 4.60. The van der Waals surface area contributed by atoms with Gasteiger partial charge in [-0.1, -0.05) is 62.4 Å². The van der Waals surface area contributed by atoms with Crippen LogP contribution in [0.15, 0.2) is 89.8 Å². The number of para-hydroxylation sites is 1. The number of rotatable bonds is 13. The number of hydrogen-bond acceptors (Lipinski definition) is 8. The topological polar surface area (TPSA) is 135 Å². The van der Waals surface area contributed by atoms with E-state index in [0.29, 0.717) is 24.3 Å². The number of aliphatic hydroxyl groups excluding tert-OH is 1. The van der Waals surface area contributed by atoms with Crippen LogP contribution in [0.5, 0.6) is 5.75 Å². The van der Waals surface area contributed by atoms with Crippen LogP contribution in [-0.2, 0) is 25.9 Å². The zero-order valence-corrected chi connectivity index (χ0v) is 27.0. The van der Waals surface area contributed by atoms with Crippen molar-refractivity contribution in [3.8, 4) is 5.75 Å². The van der Waals surface area contributed by atoms with Crippen molar-refractivity contribution < 1.29 is 37.3 Å². The van der Waals surface area contributed by atoms with Gasteiger partial charge in [0.15, 0.2) is 0 Å². The van der Waals surface area contributed by atoms with Crippen molar-refractivity contribution in [2.75, 3.05) is 25.1 Å². The zero-order chi connectivity index (χ0) is 32.8. The molecule has 2 amide bonds. The summed E-state index contributed by atoms with van der Waals surface area (Å²) < 4.78 is 45.2. The molecule has 0 unspecified atom stereocenters. The molecule has 12 heteroatoms. The molecule has 2 fully saturated rings. The Bertz CT molecular complexity index is 1570.